The summed E-state index contributed by atoms with van der Waals surface area (Å²) in [4.78, 5) is 12.3. The van der Waals surface area contributed by atoms with Crippen molar-refractivity contribution in [2.24, 2.45) is 17.8 Å². The topological polar surface area (TPSA) is 49.3 Å². The SMILES string of the molecule is Cc1c(O)cccc1NC(=O)C1CC2CCC1C2. The number of benzene rings is 1. The van der Waals surface area contributed by atoms with Gasteiger partial charge in [-0.25, -0.2) is 0 Å². The molecule has 2 saturated carbocycles. The molecule has 0 aliphatic heterocycles. The first-order valence-electron chi connectivity index (χ1n) is 6.74. The largest absolute Gasteiger partial charge is 0.508 e. The first kappa shape index (κ1) is 11.6. The summed E-state index contributed by atoms with van der Waals surface area (Å²) >= 11 is 0. The zero-order valence-corrected chi connectivity index (χ0v) is 10.6. The Labute approximate surface area is 107 Å². The van der Waals surface area contributed by atoms with E-state index in [0.29, 0.717) is 5.92 Å². The van der Waals surface area contributed by atoms with E-state index in [-0.39, 0.29) is 17.6 Å². The number of fused-ring (bicyclic) bond motifs is 2. The van der Waals surface area contributed by atoms with Crippen LogP contribution in [-0.4, -0.2) is 11.0 Å². The molecule has 1 aromatic rings. The molecule has 2 N–H and O–H groups in total. The Morgan fingerprint density at radius 1 is 1.33 bits per heavy atom. The van der Waals surface area contributed by atoms with E-state index in [2.05, 4.69) is 5.32 Å². The summed E-state index contributed by atoms with van der Waals surface area (Å²) in [5, 5.41) is 12.6. The number of nitrogens with one attached hydrogen (secondary N) is 1. The average molecular weight is 245 g/mol. The molecule has 3 atom stereocenters. The van der Waals surface area contributed by atoms with Gasteiger partial charge >= 0.3 is 0 Å². The highest BCUT2D eigenvalue weighted by atomic mass is 16.3. The monoisotopic (exact) mass is 245 g/mol. The van der Waals surface area contributed by atoms with Crippen LogP contribution in [0.3, 0.4) is 0 Å². The van der Waals surface area contributed by atoms with E-state index in [9.17, 15) is 9.90 Å². The van der Waals surface area contributed by atoms with Crippen molar-refractivity contribution in [1.82, 2.24) is 0 Å². The maximum atomic E-state index is 12.3. The molecule has 2 aliphatic carbocycles. The first-order chi connectivity index (χ1) is 8.65. The van der Waals surface area contributed by atoms with E-state index in [4.69, 9.17) is 0 Å². The third-order valence-corrected chi connectivity index (χ3v) is 4.64. The van der Waals surface area contributed by atoms with Gasteiger partial charge in [0, 0.05) is 17.2 Å². The molecular formula is C15H19NO2. The Balaban J connectivity index is 1.73. The van der Waals surface area contributed by atoms with Crippen LogP contribution in [0.15, 0.2) is 18.2 Å². The molecule has 3 rings (SSSR count). The molecule has 0 spiro atoms. The Bertz CT molecular complexity index is 483. The minimum atomic E-state index is 0.135. The van der Waals surface area contributed by atoms with Crippen LogP contribution in [0, 0.1) is 24.7 Å². The van der Waals surface area contributed by atoms with Crippen LogP contribution < -0.4 is 5.32 Å². The van der Waals surface area contributed by atoms with E-state index in [1.807, 2.05) is 13.0 Å². The maximum absolute atomic E-state index is 12.3. The Kier molecular flexibility index (Phi) is 2.77. The van der Waals surface area contributed by atoms with Crippen LogP contribution in [0.2, 0.25) is 0 Å². The molecular weight excluding hydrogens is 226 g/mol. The van der Waals surface area contributed by atoms with E-state index >= 15 is 0 Å². The lowest BCUT2D eigenvalue weighted by atomic mass is 9.88. The standard InChI is InChI=1S/C15H19NO2/c1-9-13(3-2-4-14(9)17)16-15(18)12-8-10-5-6-11(12)7-10/h2-4,10-12,17H,5-8H2,1H3,(H,16,18). The highest BCUT2D eigenvalue weighted by Crippen LogP contribution is 2.48. The number of carbonyl (C=O) groups excluding carboxylic acids is 1. The Morgan fingerprint density at radius 3 is 2.83 bits per heavy atom. The smallest absolute Gasteiger partial charge is 0.227 e. The van der Waals surface area contributed by atoms with Crippen molar-refractivity contribution in [3.05, 3.63) is 23.8 Å². The van der Waals surface area contributed by atoms with Crippen molar-refractivity contribution < 1.29 is 9.90 Å². The van der Waals surface area contributed by atoms with Crippen molar-refractivity contribution in [1.29, 1.82) is 0 Å². The van der Waals surface area contributed by atoms with E-state index in [0.717, 1.165) is 23.6 Å². The number of phenols is 1. The summed E-state index contributed by atoms with van der Waals surface area (Å²) < 4.78 is 0. The number of aromatic hydroxyl groups is 1. The fourth-order valence-electron chi connectivity index (χ4n) is 3.55. The summed E-state index contributed by atoms with van der Waals surface area (Å²) in [7, 11) is 0. The molecule has 2 fully saturated rings. The molecule has 18 heavy (non-hydrogen) atoms. The summed E-state index contributed by atoms with van der Waals surface area (Å²) in [6.45, 7) is 1.83. The van der Waals surface area contributed by atoms with Gasteiger partial charge in [0.15, 0.2) is 0 Å². The summed E-state index contributed by atoms with van der Waals surface area (Å²) in [5.74, 6) is 1.92. The number of hydrogen-bond donors (Lipinski definition) is 2. The molecule has 3 heteroatoms. The van der Waals surface area contributed by atoms with Gasteiger partial charge in [0.05, 0.1) is 0 Å². The van der Waals surface area contributed by atoms with Gasteiger partial charge in [-0.1, -0.05) is 12.5 Å². The quantitative estimate of drug-likeness (QED) is 0.841. The second kappa shape index (κ2) is 4.30. The van der Waals surface area contributed by atoms with Gasteiger partial charge in [-0.2, -0.15) is 0 Å². The fourth-order valence-corrected chi connectivity index (χ4v) is 3.55. The van der Waals surface area contributed by atoms with E-state index in [1.165, 1.54) is 19.3 Å². The van der Waals surface area contributed by atoms with Crippen LogP contribution in [0.1, 0.15) is 31.2 Å². The summed E-state index contributed by atoms with van der Waals surface area (Å²) in [6, 6.07) is 5.25. The normalized spacial score (nSPS) is 29.5. The molecule has 3 nitrogen and oxygen atoms in total. The van der Waals surface area contributed by atoms with Crippen LogP contribution in [0.25, 0.3) is 0 Å². The van der Waals surface area contributed by atoms with Gasteiger partial charge in [-0.15, -0.1) is 0 Å². The average Bonchev–Trinajstić information content (AvgIpc) is 2.97. The van der Waals surface area contributed by atoms with Gasteiger partial charge in [0.2, 0.25) is 5.91 Å². The highest BCUT2D eigenvalue weighted by Gasteiger charge is 2.43. The molecule has 96 valence electrons. The van der Waals surface area contributed by atoms with Gasteiger partial charge in [-0.05, 0) is 50.2 Å². The first-order valence-corrected chi connectivity index (χ1v) is 6.74. The lowest BCUT2D eigenvalue weighted by Gasteiger charge is -2.21. The molecule has 1 amide bonds. The number of rotatable bonds is 2. The zero-order chi connectivity index (χ0) is 12.7. The molecule has 2 bridgehead atoms. The molecule has 0 aromatic heterocycles. The lowest BCUT2D eigenvalue weighted by Crippen LogP contribution is -2.27. The second-order valence-corrected chi connectivity index (χ2v) is 5.72. The minimum Gasteiger partial charge on any atom is -0.508 e. The van der Waals surface area contributed by atoms with Crippen LogP contribution in [0.5, 0.6) is 5.75 Å². The molecule has 0 radical (unpaired) electrons. The van der Waals surface area contributed by atoms with Crippen molar-refractivity contribution >= 4 is 11.6 Å². The van der Waals surface area contributed by atoms with Crippen molar-refractivity contribution in [2.45, 2.75) is 32.6 Å². The number of phenolic OH excluding ortho intramolecular Hbond substituents is 1. The van der Waals surface area contributed by atoms with E-state index in [1.54, 1.807) is 12.1 Å². The highest BCUT2D eigenvalue weighted by molar-refractivity contribution is 5.94. The van der Waals surface area contributed by atoms with Gasteiger partial charge in [-0.3, -0.25) is 4.79 Å². The number of anilines is 1. The zero-order valence-electron chi connectivity index (χ0n) is 10.6. The second-order valence-electron chi connectivity index (χ2n) is 5.72. The Hall–Kier alpha value is -1.51. The van der Waals surface area contributed by atoms with E-state index < -0.39 is 0 Å². The summed E-state index contributed by atoms with van der Waals surface area (Å²) in [5.41, 5.74) is 1.48. The maximum Gasteiger partial charge on any atom is 0.227 e. The number of hydrogen-bond acceptors (Lipinski definition) is 2. The predicted octanol–water partition coefficient (Wildman–Crippen LogP) is 3.08. The van der Waals surface area contributed by atoms with Gasteiger partial charge in [0.25, 0.3) is 0 Å². The van der Waals surface area contributed by atoms with Gasteiger partial charge < -0.3 is 10.4 Å². The minimum absolute atomic E-state index is 0.135. The van der Waals surface area contributed by atoms with Crippen molar-refractivity contribution in [3.8, 4) is 5.75 Å². The molecule has 2 aliphatic rings. The van der Waals surface area contributed by atoms with Gasteiger partial charge in [0.1, 0.15) is 5.75 Å². The number of carbonyl (C=O) groups is 1. The molecule has 3 unspecified atom stereocenters. The lowest BCUT2D eigenvalue weighted by molar-refractivity contribution is -0.121. The molecule has 1 aromatic carbocycles. The third kappa shape index (κ3) is 1.88. The third-order valence-electron chi connectivity index (χ3n) is 4.64. The molecule has 0 heterocycles. The number of amides is 1. The Morgan fingerprint density at radius 2 is 2.17 bits per heavy atom. The summed E-state index contributed by atoms with van der Waals surface area (Å²) in [6.07, 6.45) is 4.80. The predicted molar refractivity (Wildman–Crippen MR) is 70.4 cm³/mol. The van der Waals surface area contributed by atoms with Crippen LogP contribution in [-0.2, 0) is 4.79 Å². The van der Waals surface area contributed by atoms with Crippen LogP contribution in [0.4, 0.5) is 5.69 Å². The fraction of sp³-hybridized carbons (Fsp3) is 0.533. The van der Waals surface area contributed by atoms with Crippen LogP contribution >= 0.6 is 0 Å². The van der Waals surface area contributed by atoms with Crippen molar-refractivity contribution in [2.75, 3.05) is 5.32 Å². The van der Waals surface area contributed by atoms with Crippen molar-refractivity contribution in [3.63, 3.8) is 0 Å². The molecule has 0 saturated heterocycles.